The Morgan fingerprint density at radius 3 is 2.80 bits per heavy atom. The van der Waals surface area contributed by atoms with E-state index in [1.165, 1.54) is 0 Å². The molecule has 1 aromatic carbocycles. The Morgan fingerprint density at radius 1 is 1.40 bits per heavy atom. The Kier molecular flexibility index (Phi) is 6.52. The maximum Gasteiger partial charge on any atom is 0.235 e. The van der Waals surface area contributed by atoms with E-state index in [0.29, 0.717) is 17.9 Å². The van der Waals surface area contributed by atoms with Crippen molar-refractivity contribution in [2.75, 3.05) is 30.2 Å². The average Bonchev–Trinajstić information content (AvgIpc) is 2.39. The van der Waals surface area contributed by atoms with E-state index in [4.69, 9.17) is 10.5 Å². The molecule has 6 heteroatoms. The third-order valence-electron chi connectivity index (χ3n) is 2.47. The van der Waals surface area contributed by atoms with Gasteiger partial charge in [0.1, 0.15) is 0 Å². The molecule has 0 aliphatic carbocycles. The summed E-state index contributed by atoms with van der Waals surface area (Å²) in [6.45, 7) is 4.63. The van der Waals surface area contributed by atoms with E-state index in [1.807, 2.05) is 26.0 Å². The van der Waals surface area contributed by atoms with Crippen molar-refractivity contribution in [1.29, 1.82) is 0 Å². The smallest absolute Gasteiger partial charge is 0.235 e. The van der Waals surface area contributed by atoms with E-state index in [1.54, 1.807) is 6.07 Å². The lowest BCUT2D eigenvalue weighted by atomic mass is 10.1. The third kappa shape index (κ3) is 5.61. The molecule has 0 bridgehead atoms. The molecule has 5 nitrogen and oxygen atoms in total. The highest BCUT2D eigenvalue weighted by molar-refractivity contribution is 7.92. The molecule has 0 aromatic heterocycles. The molecule has 0 atom stereocenters. The van der Waals surface area contributed by atoms with E-state index >= 15 is 0 Å². The Bertz CT molecular complexity index is 601. The van der Waals surface area contributed by atoms with Crippen LogP contribution in [0.1, 0.15) is 18.1 Å². The first kappa shape index (κ1) is 16.5. The molecule has 1 rings (SSSR count). The quantitative estimate of drug-likeness (QED) is 0.608. The number of anilines is 1. The molecule has 3 N–H and O–H groups in total. The monoisotopic (exact) mass is 296 g/mol. The van der Waals surface area contributed by atoms with Gasteiger partial charge in [-0.1, -0.05) is 17.9 Å². The van der Waals surface area contributed by atoms with Gasteiger partial charge in [-0.2, -0.15) is 0 Å². The van der Waals surface area contributed by atoms with Crippen molar-refractivity contribution in [2.45, 2.75) is 13.8 Å². The molecule has 0 aliphatic rings. The maximum atomic E-state index is 11.9. The SMILES string of the molecule is CCOCCS(=O)(=O)Nc1ccc(C)cc1C#CCN. The zero-order valence-corrected chi connectivity index (χ0v) is 12.6. The number of rotatable bonds is 6. The van der Waals surface area contributed by atoms with Crippen LogP contribution in [0.15, 0.2) is 18.2 Å². The minimum atomic E-state index is -3.44. The van der Waals surface area contributed by atoms with Crippen LogP contribution in [0.5, 0.6) is 0 Å². The second-order valence-corrected chi connectivity index (χ2v) is 6.01. The second-order valence-electron chi connectivity index (χ2n) is 4.17. The summed E-state index contributed by atoms with van der Waals surface area (Å²) < 4.78 is 31.4. The number of nitrogens with one attached hydrogen (secondary N) is 1. The van der Waals surface area contributed by atoms with Crippen molar-refractivity contribution in [3.63, 3.8) is 0 Å². The third-order valence-corrected chi connectivity index (χ3v) is 3.70. The lowest BCUT2D eigenvalue weighted by Crippen LogP contribution is -2.20. The number of ether oxygens (including phenoxy) is 1. The van der Waals surface area contributed by atoms with Gasteiger partial charge in [0.05, 0.1) is 24.6 Å². The number of sulfonamides is 1. The van der Waals surface area contributed by atoms with Crippen LogP contribution in [0, 0.1) is 18.8 Å². The van der Waals surface area contributed by atoms with Crippen molar-refractivity contribution in [1.82, 2.24) is 0 Å². The summed E-state index contributed by atoms with van der Waals surface area (Å²) in [6.07, 6.45) is 0. The van der Waals surface area contributed by atoms with Crippen molar-refractivity contribution in [3.8, 4) is 11.8 Å². The predicted octanol–water partition coefficient (Wildman–Crippen LogP) is 1.08. The molecule has 0 amide bonds. The molecule has 0 saturated heterocycles. The largest absolute Gasteiger partial charge is 0.381 e. The van der Waals surface area contributed by atoms with E-state index < -0.39 is 10.0 Å². The van der Waals surface area contributed by atoms with E-state index in [2.05, 4.69) is 16.6 Å². The number of benzene rings is 1. The topological polar surface area (TPSA) is 81.4 Å². The standard InChI is InChI=1S/C14H20N2O3S/c1-3-19-9-10-20(17,18)16-14-7-6-12(2)11-13(14)5-4-8-15/h6-7,11,16H,3,8-10,15H2,1-2H3. The fourth-order valence-corrected chi connectivity index (χ4v) is 2.48. The molecular weight excluding hydrogens is 276 g/mol. The van der Waals surface area contributed by atoms with Crippen LogP contribution in [-0.2, 0) is 14.8 Å². The molecule has 0 unspecified atom stereocenters. The van der Waals surface area contributed by atoms with E-state index in [9.17, 15) is 8.42 Å². The van der Waals surface area contributed by atoms with E-state index in [0.717, 1.165) is 5.56 Å². The molecule has 0 spiro atoms. The van der Waals surface area contributed by atoms with Crippen molar-refractivity contribution in [3.05, 3.63) is 29.3 Å². The summed E-state index contributed by atoms with van der Waals surface area (Å²) in [5.74, 6) is 5.51. The molecule has 0 fully saturated rings. The zero-order chi connectivity index (χ0) is 15.0. The van der Waals surface area contributed by atoms with Crippen LogP contribution in [0.2, 0.25) is 0 Å². The van der Waals surface area contributed by atoms with Gasteiger partial charge in [-0.05, 0) is 31.5 Å². The molecule has 0 radical (unpaired) electrons. The molecule has 1 aromatic rings. The van der Waals surface area contributed by atoms with Crippen LogP contribution in [-0.4, -0.2) is 33.9 Å². The molecule has 0 heterocycles. The number of aryl methyl sites for hydroxylation is 1. The maximum absolute atomic E-state index is 11.9. The molecule has 0 aliphatic heterocycles. The predicted molar refractivity (Wildman–Crippen MR) is 81.0 cm³/mol. The Balaban J connectivity index is 2.91. The Labute approximate surface area is 120 Å². The first-order valence-electron chi connectivity index (χ1n) is 6.36. The van der Waals surface area contributed by atoms with Crippen molar-refractivity contribution >= 4 is 15.7 Å². The minimum Gasteiger partial charge on any atom is -0.381 e. The van der Waals surface area contributed by atoms with Gasteiger partial charge in [0, 0.05) is 12.2 Å². The summed E-state index contributed by atoms with van der Waals surface area (Å²) in [6, 6.07) is 5.35. The van der Waals surface area contributed by atoms with Gasteiger partial charge < -0.3 is 10.5 Å². The van der Waals surface area contributed by atoms with E-state index in [-0.39, 0.29) is 18.9 Å². The highest BCUT2D eigenvalue weighted by Crippen LogP contribution is 2.17. The molecular formula is C14H20N2O3S. The van der Waals surface area contributed by atoms with Gasteiger partial charge in [0.2, 0.25) is 10.0 Å². The zero-order valence-electron chi connectivity index (χ0n) is 11.8. The summed E-state index contributed by atoms with van der Waals surface area (Å²) >= 11 is 0. The van der Waals surface area contributed by atoms with Gasteiger partial charge >= 0.3 is 0 Å². The minimum absolute atomic E-state index is 0.0848. The van der Waals surface area contributed by atoms with Gasteiger partial charge in [-0.3, -0.25) is 4.72 Å². The fraction of sp³-hybridized carbons (Fsp3) is 0.429. The van der Waals surface area contributed by atoms with Gasteiger partial charge in [0.15, 0.2) is 0 Å². The Morgan fingerprint density at radius 2 is 2.15 bits per heavy atom. The normalized spacial score (nSPS) is 10.8. The number of hydrogen-bond acceptors (Lipinski definition) is 4. The van der Waals surface area contributed by atoms with Gasteiger partial charge in [-0.15, -0.1) is 0 Å². The first-order chi connectivity index (χ1) is 9.48. The molecule has 20 heavy (non-hydrogen) atoms. The molecule has 110 valence electrons. The average molecular weight is 296 g/mol. The highest BCUT2D eigenvalue weighted by atomic mass is 32.2. The lowest BCUT2D eigenvalue weighted by Gasteiger charge is -2.10. The second kappa shape index (κ2) is 7.90. The first-order valence-corrected chi connectivity index (χ1v) is 8.01. The Hall–Kier alpha value is -1.55. The number of nitrogens with two attached hydrogens (primary N) is 1. The van der Waals surface area contributed by atoms with Crippen LogP contribution >= 0.6 is 0 Å². The fourth-order valence-electron chi connectivity index (χ4n) is 1.53. The summed E-state index contributed by atoms with van der Waals surface area (Å²) in [5, 5.41) is 0. The summed E-state index contributed by atoms with van der Waals surface area (Å²) in [5.41, 5.74) is 7.43. The summed E-state index contributed by atoms with van der Waals surface area (Å²) in [7, 11) is -3.44. The summed E-state index contributed by atoms with van der Waals surface area (Å²) in [4.78, 5) is 0. The van der Waals surface area contributed by atoms with Gasteiger partial charge in [-0.25, -0.2) is 8.42 Å². The van der Waals surface area contributed by atoms with Crippen molar-refractivity contribution < 1.29 is 13.2 Å². The lowest BCUT2D eigenvalue weighted by molar-refractivity contribution is 0.163. The van der Waals surface area contributed by atoms with Crippen molar-refractivity contribution in [2.24, 2.45) is 5.73 Å². The van der Waals surface area contributed by atoms with Crippen LogP contribution in [0.3, 0.4) is 0 Å². The van der Waals surface area contributed by atoms with Gasteiger partial charge in [0.25, 0.3) is 0 Å². The number of hydrogen-bond donors (Lipinski definition) is 2. The highest BCUT2D eigenvalue weighted by Gasteiger charge is 2.12. The molecule has 0 saturated carbocycles. The van der Waals surface area contributed by atoms with Crippen LogP contribution in [0.4, 0.5) is 5.69 Å². The van der Waals surface area contributed by atoms with Crippen LogP contribution in [0.25, 0.3) is 0 Å². The van der Waals surface area contributed by atoms with Crippen LogP contribution < -0.4 is 10.5 Å².